The molecule has 0 radical (unpaired) electrons. The minimum atomic E-state index is -3.25. The fourth-order valence-corrected chi connectivity index (χ4v) is 9.31. The van der Waals surface area contributed by atoms with Crippen molar-refractivity contribution in [3.05, 3.63) is 145 Å². The zero-order chi connectivity index (χ0) is 41.7. The fraction of sp³-hybridized carbons (Fsp3) is 0.250. The molecule has 0 aliphatic heterocycles. The van der Waals surface area contributed by atoms with E-state index in [0.29, 0.717) is 24.5 Å². The van der Waals surface area contributed by atoms with Crippen LogP contribution in [0.5, 0.6) is 0 Å². The Labute approximate surface area is 351 Å². The van der Waals surface area contributed by atoms with E-state index in [9.17, 15) is 16.8 Å². The van der Waals surface area contributed by atoms with Crippen LogP contribution in [0, 0.1) is 0 Å². The SMILES string of the molecule is CS(=O)(=O)c1ccc(N=NCc2ccc3c(c2)c2ccccc2n3CCCCCCCCn2c3ccccc3c3cc(CN=Nc4ccc(S(C)(=O)=O)cc4)ccc32)cc1. The third-order valence-corrected chi connectivity index (χ3v) is 13.4. The standard InChI is InChI=1S/C48H48N6O4S2/c1-59(55,56)39-23-19-37(20-24-39)51-49-33-35-17-27-47-43(31-35)41-13-7-9-15-45(41)53(47)29-11-5-3-4-6-12-30-54-46-16-10-8-14-42(46)44-32-36(18-28-48(44)54)34-50-52-38-21-25-40(26-22-38)60(2,57)58/h7-10,13-28,31-32H,3-6,11-12,29-30,33-34H2,1-2H3. The molecule has 60 heavy (non-hydrogen) atoms. The van der Waals surface area contributed by atoms with E-state index in [1.807, 2.05) is 0 Å². The van der Waals surface area contributed by atoms with Crippen molar-refractivity contribution in [2.45, 2.75) is 74.5 Å². The Bertz CT molecular complexity index is 2880. The topological polar surface area (TPSA) is 128 Å². The van der Waals surface area contributed by atoms with Crippen molar-refractivity contribution in [3.63, 3.8) is 0 Å². The van der Waals surface area contributed by atoms with Crippen molar-refractivity contribution in [2.24, 2.45) is 20.5 Å². The van der Waals surface area contributed by atoms with Gasteiger partial charge in [-0.1, -0.05) is 74.2 Å². The molecule has 0 saturated carbocycles. The summed E-state index contributed by atoms with van der Waals surface area (Å²) < 4.78 is 52.0. The van der Waals surface area contributed by atoms with Crippen molar-refractivity contribution in [1.29, 1.82) is 0 Å². The van der Waals surface area contributed by atoms with Crippen molar-refractivity contribution in [3.8, 4) is 0 Å². The highest BCUT2D eigenvalue weighted by atomic mass is 32.2. The minimum Gasteiger partial charge on any atom is -0.340 e. The van der Waals surface area contributed by atoms with Gasteiger partial charge in [-0.05, 0) is 109 Å². The molecule has 2 aromatic heterocycles. The predicted octanol–water partition coefficient (Wildman–Crippen LogP) is 12.3. The van der Waals surface area contributed by atoms with Crippen LogP contribution < -0.4 is 0 Å². The van der Waals surface area contributed by atoms with Gasteiger partial charge in [-0.3, -0.25) is 0 Å². The second-order valence-electron chi connectivity index (χ2n) is 15.5. The van der Waals surface area contributed by atoms with E-state index in [-0.39, 0.29) is 9.79 Å². The van der Waals surface area contributed by atoms with Gasteiger partial charge in [0.1, 0.15) is 0 Å². The highest BCUT2D eigenvalue weighted by Crippen LogP contribution is 2.32. The lowest BCUT2D eigenvalue weighted by atomic mass is 10.1. The summed E-state index contributed by atoms with van der Waals surface area (Å²) in [5, 5.41) is 22.4. The summed E-state index contributed by atoms with van der Waals surface area (Å²) in [4.78, 5) is 0.538. The Morgan fingerprint density at radius 1 is 0.417 bits per heavy atom. The normalized spacial score (nSPS) is 12.6. The lowest BCUT2D eigenvalue weighted by Crippen LogP contribution is -1.99. The molecule has 0 saturated heterocycles. The Morgan fingerprint density at radius 2 is 0.783 bits per heavy atom. The molecule has 0 bridgehead atoms. The molecule has 10 nitrogen and oxygen atoms in total. The van der Waals surface area contributed by atoms with E-state index < -0.39 is 19.7 Å². The smallest absolute Gasteiger partial charge is 0.175 e. The highest BCUT2D eigenvalue weighted by Gasteiger charge is 2.13. The van der Waals surface area contributed by atoms with Crippen LogP contribution in [0.2, 0.25) is 0 Å². The summed E-state index contributed by atoms with van der Waals surface area (Å²) in [6.07, 6.45) is 9.39. The summed E-state index contributed by atoms with van der Waals surface area (Å²) in [5.41, 5.74) is 8.35. The van der Waals surface area contributed by atoms with E-state index in [1.54, 1.807) is 48.5 Å². The maximum absolute atomic E-state index is 11.8. The second kappa shape index (κ2) is 17.7. The highest BCUT2D eigenvalue weighted by molar-refractivity contribution is 7.91. The molecule has 0 atom stereocenters. The first-order valence-electron chi connectivity index (χ1n) is 20.4. The van der Waals surface area contributed by atoms with Crippen molar-refractivity contribution >= 4 is 74.7 Å². The number of aromatic nitrogens is 2. The molecular weight excluding hydrogens is 789 g/mol. The third-order valence-electron chi connectivity index (χ3n) is 11.1. The molecule has 8 aromatic rings. The number of hydrogen-bond donors (Lipinski definition) is 0. The Morgan fingerprint density at radius 3 is 1.18 bits per heavy atom. The van der Waals surface area contributed by atoms with Gasteiger partial charge in [0.2, 0.25) is 0 Å². The van der Waals surface area contributed by atoms with Gasteiger partial charge in [0.15, 0.2) is 19.7 Å². The number of hydrogen-bond acceptors (Lipinski definition) is 8. The molecule has 0 fully saturated rings. The first kappa shape index (κ1) is 40.8. The number of rotatable bonds is 17. The largest absolute Gasteiger partial charge is 0.340 e. The number of benzene rings is 6. The van der Waals surface area contributed by atoms with E-state index in [2.05, 4.69) is 115 Å². The van der Waals surface area contributed by atoms with Gasteiger partial charge < -0.3 is 9.13 Å². The Kier molecular flexibility index (Phi) is 12.0. The number of nitrogens with zero attached hydrogens (tertiary/aromatic N) is 6. The molecule has 12 heteroatoms. The van der Waals surface area contributed by atoms with Crippen molar-refractivity contribution < 1.29 is 16.8 Å². The van der Waals surface area contributed by atoms with Crippen molar-refractivity contribution in [1.82, 2.24) is 9.13 Å². The number of para-hydroxylation sites is 2. The van der Waals surface area contributed by atoms with Gasteiger partial charge in [-0.25, -0.2) is 16.8 Å². The quantitative estimate of drug-likeness (QED) is 0.0668. The van der Waals surface area contributed by atoms with E-state index in [1.165, 1.54) is 81.8 Å². The van der Waals surface area contributed by atoms with Gasteiger partial charge in [-0.2, -0.15) is 20.5 Å². The molecule has 0 amide bonds. The maximum Gasteiger partial charge on any atom is 0.175 e. The van der Waals surface area contributed by atoms with Crippen LogP contribution in [0.25, 0.3) is 43.6 Å². The van der Waals surface area contributed by atoms with Crippen LogP contribution in [0.15, 0.2) is 164 Å². The van der Waals surface area contributed by atoms with Gasteiger partial charge in [0.25, 0.3) is 0 Å². The van der Waals surface area contributed by atoms with Crippen LogP contribution in [-0.2, 0) is 45.9 Å². The van der Waals surface area contributed by atoms with Gasteiger partial charge >= 0.3 is 0 Å². The first-order chi connectivity index (χ1) is 29.0. The van der Waals surface area contributed by atoms with Crippen LogP contribution in [0.3, 0.4) is 0 Å². The molecule has 0 aliphatic rings. The van der Waals surface area contributed by atoms with Crippen LogP contribution in [0.1, 0.15) is 49.7 Å². The summed E-state index contributed by atoms with van der Waals surface area (Å²) >= 11 is 0. The van der Waals surface area contributed by atoms with E-state index >= 15 is 0 Å². The summed E-state index contributed by atoms with van der Waals surface area (Å²) in [7, 11) is -6.50. The molecule has 0 unspecified atom stereocenters. The van der Waals surface area contributed by atoms with E-state index in [0.717, 1.165) is 37.1 Å². The lowest BCUT2D eigenvalue weighted by molar-refractivity contribution is 0.545. The third kappa shape index (κ3) is 9.25. The van der Waals surface area contributed by atoms with Gasteiger partial charge in [-0.15, -0.1) is 0 Å². The molecule has 8 rings (SSSR count). The van der Waals surface area contributed by atoms with Crippen LogP contribution in [-0.4, -0.2) is 38.5 Å². The zero-order valence-corrected chi connectivity index (χ0v) is 35.5. The number of aryl methyl sites for hydroxylation is 2. The van der Waals surface area contributed by atoms with Gasteiger partial charge in [0.05, 0.1) is 34.3 Å². The molecule has 6 aromatic carbocycles. The average molecular weight is 837 g/mol. The molecule has 0 N–H and O–H groups in total. The summed E-state index contributed by atoms with van der Waals surface area (Å²) in [5.74, 6) is 0. The minimum absolute atomic E-state index is 0.269. The lowest BCUT2D eigenvalue weighted by Gasteiger charge is -2.09. The second-order valence-corrected chi connectivity index (χ2v) is 19.5. The first-order valence-corrected chi connectivity index (χ1v) is 24.2. The summed E-state index contributed by atoms with van der Waals surface area (Å²) in [6.45, 7) is 2.81. The monoisotopic (exact) mass is 836 g/mol. The summed E-state index contributed by atoms with van der Waals surface area (Å²) in [6, 6.07) is 43.2. The predicted molar refractivity (Wildman–Crippen MR) is 242 cm³/mol. The molecular formula is C48H48N6O4S2. The zero-order valence-electron chi connectivity index (χ0n) is 33.9. The fourth-order valence-electron chi connectivity index (χ4n) is 8.04. The number of azo groups is 2. The van der Waals surface area contributed by atoms with Crippen LogP contribution in [0.4, 0.5) is 11.4 Å². The Hall–Kier alpha value is -5.98. The molecule has 2 heterocycles. The average Bonchev–Trinajstić information content (AvgIpc) is 3.73. The molecule has 0 aliphatic carbocycles. The van der Waals surface area contributed by atoms with Crippen LogP contribution >= 0.6 is 0 Å². The molecule has 0 spiro atoms. The Balaban J connectivity index is 0.836. The number of sulfone groups is 2. The number of fused-ring (bicyclic) bond motifs is 6. The molecule has 306 valence electrons. The maximum atomic E-state index is 11.8. The number of unbranched alkanes of at least 4 members (excludes halogenated alkanes) is 5. The van der Waals surface area contributed by atoms with Gasteiger partial charge in [0, 0.05) is 69.2 Å². The van der Waals surface area contributed by atoms with Crippen molar-refractivity contribution in [2.75, 3.05) is 12.5 Å². The van der Waals surface area contributed by atoms with E-state index in [4.69, 9.17) is 0 Å².